The van der Waals surface area contributed by atoms with E-state index in [1.165, 1.54) is 0 Å². The number of aliphatic hydroxyl groups is 1. The molecule has 0 aliphatic rings. The third kappa shape index (κ3) is 4.53. The van der Waals surface area contributed by atoms with Crippen molar-refractivity contribution in [1.29, 1.82) is 0 Å². The highest BCUT2D eigenvalue weighted by Gasteiger charge is 2.15. The SMILES string of the molecule is CC(C)c1cccc(C(C)C)c1NC(=O)NCCCO. The number of nitrogens with one attached hydrogen (secondary N) is 2. The molecule has 0 saturated carbocycles. The number of benzene rings is 1. The van der Waals surface area contributed by atoms with Crippen LogP contribution < -0.4 is 10.6 Å². The molecule has 0 spiro atoms. The van der Waals surface area contributed by atoms with Crippen molar-refractivity contribution in [3.05, 3.63) is 29.3 Å². The molecule has 0 radical (unpaired) electrons. The van der Waals surface area contributed by atoms with Crippen LogP contribution in [0.1, 0.15) is 57.1 Å². The summed E-state index contributed by atoms with van der Waals surface area (Å²) in [6.07, 6.45) is 0.566. The molecule has 0 atom stereocenters. The average molecular weight is 278 g/mol. The summed E-state index contributed by atoms with van der Waals surface area (Å²) in [4.78, 5) is 11.9. The van der Waals surface area contributed by atoms with Gasteiger partial charge in [0.2, 0.25) is 0 Å². The lowest BCUT2D eigenvalue weighted by Crippen LogP contribution is -2.30. The van der Waals surface area contributed by atoms with Gasteiger partial charge in [-0.15, -0.1) is 0 Å². The first kappa shape index (κ1) is 16.5. The Bertz CT molecular complexity index is 416. The molecule has 20 heavy (non-hydrogen) atoms. The van der Waals surface area contributed by atoms with Gasteiger partial charge in [0.1, 0.15) is 0 Å². The average Bonchev–Trinajstić information content (AvgIpc) is 2.38. The summed E-state index contributed by atoms with van der Waals surface area (Å²) in [5.74, 6) is 0.697. The molecule has 0 fully saturated rings. The van der Waals surface area contributed by atoms with E-state index in [2.05, 4.69) is 50.5 Å². The Kier molecular flexibility index (Phi) is 6.52. The standard InChI is InChI=1S/C16H26N2O2/c1-11(2)13-7-5-8-14(12(3)4)15(13)18-16(20)17-9-6-10-19/h5,7-8,11-12,19H,6,9-10H2,1-4H3,(H2,17,18,20). The van der Waals surface area contributed by atoms with E-state index in [-0.39, 0.29) is 12.6 Å². The Morgan fingerprint density at radius 1 is 1.15 bits per heavy atom. The molecule has 1 aromatic rings. The fourth-order valence-electron chi connectivity index (χ4n) is 2.13. The van der Waals surface area contributed by atoms with Crippen molar-refractivity contribution in [3.63, 3.8) is 0 Å². The van der Waals surface area contributed by atoms with Gasteiger partial charge in [-0.05, 0) is 29.4 Å². The van der Waals surface area contributed by atoms with Crippen LogP contribution in [0.4, 0.5) is 10.5 Å². The Morgan fingerprint density at radius 3 is 2.15 bits per heavy atom. The van der Waals surface area contributed by atoms with Crippen LogP contribution in [0.5, 0.6) is 0 Å². The molecule has 4 heteroatoms. The Balaban J connectivity index is 2.93. The maximum absolute atomic E-state index is 11.9. The summed E-state index contributed by atoms with van der Waals surface area (Å²) >= 11 is 0. The molecular weight excluding hydrogens is 252 g/mol. The number of aliphatic hydroxyl groups excluding tert-OH is 1. The Hall–Kier alpha value is -1.55. The second-order valence-corrected chi connectivity index (χ2v) is 5.58. The number of urea groups is 1. The zero-order chi connectivity index (χ0) is 15.1. The number of amides is 2. The van der Waals surface area contributed by atoms with Crippen LogP contribution in [-0.2, 0) is 0 Å². The lowest BCUT2D eigenvalue weighted by molar-refractivity contribution is 0.249. The van der Waals surface area contributed by atoms with E-state index in [1.807, 2.05) is 6.07 Å². The summed E-state index contributed by atoms with van der Waals surface area (Å²) in [6, 6.07) is 5.94. The van der Waals surface area contributed by atoms with Gasteiger partial charge in [-0.25, -0.2) is 4.79 Å². The number of anilines is 1. The highest BCUT2D eigenvalue weighted by atomic mass is 16.3. The number of hydrogen-bond acceptors (Lipinski definition) is 2. The van der Waals surface area contributed by atoms with Gasteiger partial charge >= 0.3 is 6.03 Å². The number of hydrogen-bond donors (Lipinski definition) is 3. The number of rotatable bonds is 6. The van der Waals surface area contributed by atoms with Gasteiger partial charge in [0.25, 0.3) is 0 Å². The third-order valence-corrected chi connectivity index (χ3v) is 3.23. The molecule has 1 aromatic carbocycles. The Morgan fingerprint density at radius 2 is 1.70 bits per heavy atom. The Labute approximate surface area is 121 Å². The topological polar surface area (TPSA) is 61.4 Å². The molecule has 0 unspecified atom stereocenters. The van der Waals surface area contributed by atoms with Gasteiger partial charge in [0.15, 0.2) is 0 Å². The van der Waals surface area contributed by atoms with Crippen LogP contribution in [0.3, 0.4) is 0 Å². The van der Waals surface area contributed by atoms with Crippen molar-refractivity contribution < 1.29 is 9.90 Å². The van der Waals surface area contributed by atoms with Crippen LogP contribution in [-0.4, -0.2) is 24.3 Å². The predicted molar refractivity (Wildman–Crippen MR) is 83.3 cm³/mol. The van der Waals surface area contributed by atoms with Crippen molar-refractivity contribution >= 4 is 11.7 Å². The second-order valence-electron chi connectivity index (χ2n) is 5.58. The molecule has 0 aliphatic carbocycles. The van der Waals surface area contributed by atoms with Crippen molar-refractivity contribution in [2.75, 3.05) is 18.5 Å². The van der Waals surface area contributed by atoms with Crippen LogP contribution in [0.15, 0.2) is 18.2 Å². The molecule has 0 heterocycles. The zero-order valence-corrected chi connectivity index (χ0v) is 12.9. The fourth-order valence-corrected chi connectivity index (χ4v) is 2.13. The summed E-state index contributed by atoms with van der Waals surface area (Å²) in [7, 11) is 0. The molecular formula is C16H26N2O2. The van der Waals surface area contributed by atoms with Crippen molar-refractivity contribution in [2.24, 2.45) is 0 Å². The quantitative estimate of drug-likeness (QED) is 0.698. The van der Waals surface area contributed by atoms with Crippen LogP contribution >= 0.6 is 0 Å². The van der Waals surface area contributed by atoms with E-state index in [0.717, 1.165) is 16.8 Å². The second kappa shape index (κ2) is 7.90. The lowest BCUT2D eigenvalue weighted by Gasteiger charge is -2.20. The molecule has 1 rings (SSSR count). The number of para-hydroxylation sites is 1. The minimum absolute atomic E-state index is 0.0834. The highest BCUT2D eigenvalue weighted by Crippen LogP contribution is 2.32. The summed E-state index contributed by atoms with van der Waals surface area (Å²) in [6.45, 7) is 9.04. The zero-order valence-electron chi connectivity index (χ0n) is 12.9. The first-order valence-electron chi connectivity index (χ1n) is 7.25. The minimum atomic E-state index is -0.214. The molecule has 0 saturated heterocycles. The van der Waals surface area contributed by atoms with Crippen molar-refractivity contribution in [2.45, 2.75) is 46.0 Å². The van der Waals surface area contributed by atoms with Crippen LogP contribution in [0, 0.1) is 0 Å². The largest absolute Gasteiger partial charge is 0.396 e. The lowest BCUT2D eigenvalue weighted by atomic mass is 9.93. The highest BCUT2D eigenvalue weighted by molar-refractivity contribution is 5.91. The minimum Gasteiger partial charge on any atom is -0.396 e. The van der Waals surface area contributed by atoms with E-state index in [1.54, 1.807) is 0 Å². The van der Waals surface area contributed by atoms with Crippen molar-refractivity contribution in [3.8, 4) is 0 Å². The molecule has 112 valence electrons. The van der Waals surface area contributed by atoms with Gasteiger partial charge in [0, 0.05) is 18.8 Å². The summed E-state index contributed by atoms with van der Waals surface area (Å²) in [5, 5.41) is 14.5. The van der Waals surface area contributed by atoms with Gasteiger partial charge < -0.3 is 15.7 Å². The van der Waals surface area contributed by atoms with Gasteiger partial charge in [0.05, 0.1) is 0 Å². The van der Waals surface area contributed by atoms with Gasteiger partial charge in [-0.3, -0.25) is 0 Å². The molecule has 0 bridgehead atoms. The normalized spacial score (nSPS) is 10.9. The predicted octanol–water partition coefficient (Wildman–Crippen LogP) is 3.44. The number of carbonyl (C=O) groups is 1. The maximum atomic E-state index is 11.9. The first-order valence-corrected chi connectivity index (χ1v) is 7.25. The smallest absolute Gasteiger partial charge is 0.319 e. The van der Waals surface area contributed by atoms with E-state index < -0.39 is 0 Å². The van der Waals surface area contributed by atoms with Crippen LogP contribution in [0.2, 0.25) is 0 Å². The summed E-state index contributed by atoms with van der Waals surface area (Å²) < 4.78 is 0. The van der Waals surface area contributed by atoms with E-state index >= 15 is 0 Å². The van der Waals surface area contributed by atoms with Crippen molar-refractivity contribution in [1.82, 2.24) is 5.32 Å². The molecule has 0 aromatic heterocycles. The molecule has 4 nitrogen and oxygen atoms in total. The molecule has 0 aliphatic heterocycles. The van der Waals surface area contributed by atoms with E-state index in [4.69, 9.17) is 5.11 Å². The molecule has 3 N–H and O–H groups in total. The first-order chi connectivity index (χ1) is 9.47. The van der Waals surface area contributed by atoms with Crippen LogP contribution in [0.25, 0.3) is 0 Å². The third-order valence-electron chi connectivity index (χ3n) is 3.23. The van der Waals surface area contributed by atoms with Gasteiger partial charge in [-0.2, -0.15) is 0 Å². The fraction of sp³-hybridized carbons (Fsp3) is 0.562. The maximum Gasteiger partial charge on any atom is 0.319 e. The monoisotopic (exact) mass is 278 g/mol. The summed E-state index contributed by atoms with van der Waals surface area (Å²) in [5.41, 5.74) is 3.21. The van der Waals surface area contributed by atoms with E-state index in [9.17, 15) is 4.79 Å². The van der Waals surface area contributed by atoms with E-state index in [0.29, 0.717) is 24.8 Å². The number of carbonyl (C=O) groups excluding carboxylic acids is 1. The molecule has 2 amide bonds. The van der Waals surface area contributed by atoms with Gasteiger partial charge in [-0.1, -0.05) is 45.9 Å².